The van der Waals surface area contributed by atoms with Crippen LogP contribution in [-0.2, 0) is 0 Å². The molecule has 6 heteroatoms. The van der Waals surface area contributed by atoms with Crippen molar-refractivity contribution in [3.05, 3.63) is 31.9 Å². The number of benzene rings is 1. The Hall–Kier alpha value is -0.500. The number of rotatable bonds is 2. The van der Waals surface area contributed by atoms with Gasteiger partial charge in [0.1, 0.15) is 5.69 Å². The first-order valence-electron chi connectivity index (χ1n) is 5.38. The number of nitro groups is 1. The fourth-order valence-electron chi connectivity index (χ4n) is 1.95. The van der Waals surface area contributed by atoms with E-state index in [0.717, 1.165) is 28.1 Å². The number of halogens is 1. The average molecular weight is 364 g/mol. The third kappa shape index (κ3) is 3.04. The maximum atomic E-state index is 11.1. The summed E-state index contributed by atoms with van der Waals surface area (Å²) in [5, 5.41) is 11.6. The van der Waals surface area contributed by atoms with E-state index in [1.807, 2.05) is 23.9 Å². The van der Waals surface area contributed by atoms with Gasteiger partial charge in [0.2, 0.25) is 0 Å². The van der Waals surface area contributed by atoms with Crippen LogP contribution in [0.2, 0.25) is 0 Å². The molecular formula is C11H13IN2O2S. The summed E-state index contributed by atoms with van der Waals surface area (Å²) in [4.78, 5) is 12.9. The lowest BCUT2D eigenvalue weighted by Crippen LogP contribution is -2.36. The lowest BCUT2D eigenvalue weighted by molar-refractivity contribution is -0.384. The van der Waals surface area contributed by atoms with E-state index in [9.17, 15) is 10.1 Å². The van der Waals surface area contributed by atoms with Crippen LogP contribution in [0.3, 0.4) is 0 Å². The molecule has 1 fully saturated rings. The highest BCUT2D eigenvalue weighted by Crippen LogP contribution is 2.32. The average Bonchev–Trinajstić information content (AvgIpc) is 2.28. The van der Waals surface area contributed by atoms with Crippen LogP contribution in [-0.4, -0.2) is 29.0 Å². The van der Waals surface area contributed by atoms with Crippen molar-refractivity contribution in [2.45, 2.75) is 12.2 Å². The van der Waals surface area contributed by atoms with Crippen molar-refractivity contribution in [2.75, 3.05) is 23.7 Å². The summed E-state index contributed by atoms with van der Waals surface area (Å²) >= 11 is 4.02. The first-order valence-corrected chi connectivity index (χ1v) is 7.51. The Balaban J connectivity index is 2.33. The molecule has 1 heterocycles. The highest BCUT2D eigenvalue weighted by molar-refractivity contribution is 14.1. The van der Waals surface area contributed by atoms with Gasteiger partial charge < -0.3 is 4.90 Å². The minimum atomic E-state index is -0.288. The van der Waals surface area contributed by atoms with Gasteiger partial charge >= 0.3 is 0 Å². The van der Waals surface area contributed by atoms with E-state index in [2.05, 4.69) is 34.4 Å². The van der Waals surface area contributed by atoms with Crippen LogP contribution in [0.15, 0.2) is 18.2 Å². The maximum absolute atomic E-state index is 11.1. The Morgan fingerprint density at radius 2 is 2.35 bits per heavy atom. The largest absolute Gasteiger partial charge is 0.364 e. The lowest BCUT2D eigenvalue weighted by Gasteiger charge is -2.32. The summed E-state index contributed by atoms with van der Waals surface area (Å²) in [6.07, 6.45) is 0. The lowest BCUT2D eigenvalue weighted by atomic mass is 10.2. The van der Waals surface area contributed by atoms with E-state index in [-0.39, 0.29) is 10.6 Å². The van der Waals surface area contributed by atoms with Gasteiger partial charge in [-0.3, -0.25) is 10.1 Å². The van der Waals surface area contributed by atoms with E-state index in [1.165, 1.54) is 0 Å². The van der Waals surface area contributed by atoms with Crippen molar-refractivity contribution in [1.82, 2.24) is 0 Å². The van der Waals surface area contributed by atoms with Gasteiger partial charge in [-0.05, 0) is 34.7 Å². The molecule has 17 heavy (non-hydrogen) atoms. The smallest absolute Gasteiger partial charge is 0.293 e. The van der Waals surface area contributed by atoms with Crippen molar-refractivity contribution < 1.29 is 4.92 Å². The molecule has 2 rings (SSSR count). The van der Waals surface area contributed by atoms with Crippen LogP contribution in [0.5, 0.6) is 0 Å². The summed E-state index contributed by atoms with van der Waals surface area (Å²) in [6, 6.07) is 5.43. The fraction of sp³-hybridized carbons (Fsp3) is 0.455. The van der Waals surface area contributed by atoms with Gasteiger partial charge in [-0.25, -0.2) is 0 Å². The predicted molar refractivity (Wildman–Crippen MR) is 79.9 cm³/mol. The van der Waals surface area contributed by atoms with Crippen LogP contribution in [0.25, 0.3) is 0 Å². The van der Waals surface area contributed by atoms with Crippen LogP contribution in [0, 0.1) is 13.7 Å². The number of hydrogen-bond acceptors (Lipinski definition) is 4. The van der Waals surface area contributed by atoms with Crippen molar-refractivity contribution in [1.29, 1.82) is 0 Å². The van der Waals surface area contributed by atoms with Crippen LogP contribution < -0.4 is 4.90 Å². The van der Waals surface area contributed by atoms with Crippen LogP contribution >= 0.6 is 34.4 Å². The molecular weight excluding hydrogens is 351 g/mol. The van der Waals surface area contributed by atoms with E-state index in [4.69, 9.17) is 0 Å². The Morgan fingerprint density at radius 1 is 1.59 bits per heavy atom. The molecule has 92 valence electrons. The first-order chi connectivity index (χ1) is 8.08. The second-order valence-electron chi connectivity index (χ2n) is 4.02. The Bertz CT molecular complexity index is 441. The van der Waals surface area contributed by atoms with E-state index < -0.39 is 0 Å². The monoisotopic (exact) mass is 364 g/mol. The normalized spacial score (nSPS) is 20.4. The molecule has 0 N–H and O–H groups in total. The summed E-state index contributed by atoms with van der Waals surface area (Å²) in [7, 11) is 0. The molecule has 0 spiro atoms. The molecule has 1 saturated heterocycles. The molecule has 1 aliphatic rings. The van der Waals surface area contributed by atoms with Gasteiger partial charge in [0.05, 0.1) is 4.92 Å². The number of hydrogen-bond donors (Lipinski definition) is 0. The molecule has 1 aromatic rings. The van der Waals surface area contributed by atoms with E-state index in [0.29, 0.717) is 5.25 Å². The van der Waals surface area contributed by atoms with E-state index >= 15 is 0 Å². The first kappa shape index (κ1) is 12.9. The number of anilines is 1. The summed E-state index contributed by atoms with van der Waals surface area (Å²) in [5.74, 6) is 1.03. The molecule has 0 aromatic heterocycles. The quantitative estimate of drug-likeness (QED) is 0.460. The third-order valence-electron chi connectivity index (χ3n) is 2.72. The van der Waals surface area contributed by atoms with Crippen molar-refractivity contribution in [3.8, 4) is 0 Å². The summed E-state index contributed by atoms with van der Waals surface area (Å²) in [5.41, 5.74) is 0.971. The van der Waals surface area contributed by atoms with Gasteiger partial charge in [0, 0.05) is 33.7 Å². The van der Waals surface area contributed by atoms with Gasteiger partial charge in [-0.2, -0.15) is 11.8 Å². The molecule has 4 nitrogen and oxygen atoms in total. The van der Waals surface area contributed by atoms with Gasteiger partial charge in [0.25, 0.3) is 5.69 Å². The summed E-state index contributed by atoms with van der Waals surface area (Å²) in [6.45, 7) is 3.93. The Kier molecular flexibility index (Phi) is 4.13. The molecule has 1 aromatic carbocycles. The summed E-state index contributed by atoms with van der Waals surface area (Å²) < 4.78 is 0.900. The third-order valence-corrected chi connectivity index (χ3v) is 4.52. The van der Waals surface area contributed by atoms with Crippen LogP contribution in [0.1, 0.15) is 6.92 Å². The highest BCUT2D eigenvalue weighted by Gasteiger charge is 2.23. The van der Waals surface area contributed by atoms with Gasteiger partial charge in [-0.1, -0.05) is 6.92 Å². The maximum Gasteiger partial charge on any atom is 0.293 e. The standard InChI is InChI=1S/C11H13IN2O2S/c1-8-7-13(4-5-17-8)10-3-2-9(12)6-11(10)14(15)16/h2-3,6,8H,4-5,7H2,1H3. The van der Waals surface area contributed by atoms with Crippen molar-refractivity contribution >= 4 is 45.7 Å². The molecule has 1 aliphatic heterocycles. The molecule has 0 saturated carbocycles. The van der Waals surface area contributed by atoms with Crippen molar-refractivity contribution in [2.24, 2.45) is 0 Å². The molecule has 0 amide bonds. The van der Waals surface area contributed by atoms with Crippen molar-refractivity contribution in [3.63, 3.8) is 0 Å². The Morgan fingerprint density at radius 3 is 3.00 bits per heavy atom. The predicted octanol–water partition coefficient (Wildman–Crippen LogP) is 3.14. The number of nitrogens with zero attached hydrogens (tertiary/aromatic N) is 2. The molecule has 1 atom stereocenters. The van der Waals surface area contributed by atoms with Gasteiger partial charge in [-0.15, -0.1) is 0 Å². The second-order valence-corrected chi connectivity index (χ2v) is 6.81. The number of nitro benzene ring substituents is 1. The molecule has 0 radical (unpaired) electrons. The minimum Gasteiger partial charge on any atom is -0.364 e. The minimum absolute atomic E-state index is 0.219. The zero-order valence-electron chi connectivity index (χ0n) is 9.43. The van der Waals surface area contributed by atoms with Crippen LogP contribution in [0.4, 0.5) is 11.4 Å². The topological polar surface area (TPSA) is 46.4 Å². The molecule has 0 aliphatic carbocycles. The van der Waals surface area contributed by atoms with E-state index in [1.54, 1.807) is 6.07 Å². The highest BCUT2D eigenvalue weighted by atomic mass is 127. The molecule has 0 bridgehead atoms. The Labute approximate surface area is 118 Å². The molecule has 1 unspecified atom stereocenters. The van der Waals surface area contributed by atoms with Gasteiger partial charge in [0.15, 0.2) is 0 Å². The second kappa shape index (κ2) is 5.43. The SMILES string of the molecule is CC1CN(c2ccc(I)cc2[N+](=O)[O-])CCS1. The fourth-order valence-corrected chi connectivity index (χ4v) is 3.44. The number of thioether (sulfide) groups is 1. The zero-order valence-corrected chi connectivity index (χ0v) is 12.4. The zero-order chi connectivity index (χ0) is 12.4.